The van der Waals surface area contributed by atoms with Crippen molar-refractivity contribution < 1.29 is 39.6 Å². The molecule has 1 aliphatic heterocycles. The minimum Gasteiger partial charge on any atom is -0.480 e. The molecule has 12 heteroatoms. The standard InChI is InChI=1S/C24H44N4O8/c1-17-11-23(3,4)27(15-21(33)34)10-8-26(14-20(31)32)18(2)12-24(5,6)28(16-22(35)36)9-7-25(17)13-19(29)30/h17-18H,7-16H2,1-6H3,(H,29,30)(H,31,32)(H,33,34)(H,35,36). The second-order valence-electron chi connectivity index (χ2n) is 11.1. The van der Waals surface area contributed by atoms with Gasteiger partial charge in [-0.25, -0.2) is 0 Å². The van der Waals surface area contributed by atoms with Gasteiger partial charge in [-0.2, -0.15) is 0 Å². The number of carbonyl (C=O) groups is 4. The molecule has 0 aliphatic carbocycles. The van der Waals surface area contributed by atoms with Crippen LogP contribution in [0.25, 0.3) is 0 Å². The van der Waals surface area contributed by atoms with Gasteiger partial charge in [0.1, 0.15) is 0 Å². The van der Waals surface area contributed by atoms with Crippen molar-refractivity contribution in [2.75, 3.05) is 52.4 Å². The molecule has 2 atom stereocenters. The lowest BCUT2D eigenvalue weighted by Crippen LogP contribution is -2.57. The first-order chi connectivity index (χ1) is 16.4. The lowest BCUT2D eigenvalue weighted by molar-refractivity contribution is -0.143. The Bertz CT molecular complexity index is 724. The van der Waals surface area contributed by atoms with Gasteiger partial charge in [0.25, 0.3) is 0 Å². The average molecular weight is 517 g/mol. The van der Waals surface area contributed by atoms with E-state index in [-0.39, 0.29) is 38.3 Å². The minimum atomic E-state index is -0.998. The van der Waals surface area contributed by atoms with Gasteiger partial charge in [-0.05, 0) is 54.4 Å². The Hall–Kier alpha value is -2.28. The van der Waals surface area contributed by atoms with Crippen LogP contribution < -0.4 is 0 Å². The first-order valence-electron chi connectivity index (χ1n) is 12.3. The molecule has 2 unspecified atom stereocenters. The van der Waals surface area contributed by atoms with E-state index in [2.05, 4.69) is 0 Å². The molecule has 1 heterocycles. The highest BCUT2D eigenvalue weighted by atomic mass is 16.4. The van der Waals surface area contributed by atoms with Crippen molar-refractivity contribution in [3.05, 3.63) is 0 Å². The molecule has 0 amide bonds. The molecule has 0 aromatic heterocycles. The summed E-state index contributed by atoms with van der Waals surface area (Å²) in [5.41, 5.74) is -1.26. The summed E-state index contributed by atoms with van der Waals surface area (Å²) in [6, 6.07) is -0.474. The van der Waals surface area contributed by atoms with E-state index in [1.807, 2.05) is 41.5 Å². The maximum Gasteiger partial charge on any atom is 0.317 e. The van der Waals surface area contributed by atoms with Crippen molar-refractivity contribution in [2.45, 2.75) is 77.5 Å². The predicted octanol–water partition coefficient (Wildman–Crippen LogP) is 0.661. The summed E-state index contributed by atoms with van der Waals surface area (Å²) >= 11 is 0. The Morgan fingerprint density at radius 2 is 0.861 bits per heavy atom. The first kappa shape index (κ1) is 31.7. The Morgan fingerprint density at radius 3 is 1.11 bits per heavy atom. The molecular weight excluding hydrogens is 472 g/mol. The summed E-state index contributed by atoms with van der Waals surface area (Å²) in [6.07, 6.45) is 0.925. The quantitative estimate of drug-likeness (QED) is 0.357. The maximum absolute atomic E-state index is 11.7. The maximum atomic E-state index is 11.7. The van der Waals surface area contributed by atoms with Crippen LogP contribution in [0.4, 0.5) is 0 Å². The fourth-order valence-corrected chi connectivity index (χ4v) is 5.24. The molecule has 0 aromatic carbocycles. The van der Waals surface area contributed by atoms with Gasteiger partial charge in [-0.15, -0.1) is 0 Å². The Balaban J connectivity index is 3.47. The van der Waals surface area contributed by atoms with Crippen LogP contribution in [0.15, 0.2) is 0 Å². The summed E-state index contributed by atoms with van der Waals surface area (Å²) in [4.78, 5) is 53.8. The molecule has 0 saturated carbocycles. The molecule has 1 rings (SSSR count). The molecule has 12 nitrogen and oxygen atoms in total. The number of aliphatic carboxylic acids is 4. The summed E-state index contributed by atoms with van der Waals surface area (Å²) in [5, 5.41) is 38.1. The van der Waals surface area contributed by atoms with Crippen molar-refractivity contribution in [3.63, 3.8) is 0 Å². The lowest BCUT2D eigenvalue weighted by atomic mass is 9.91. The predicted molar refractivity (Wildman–Crippen MR) is 133 cm³/mol. The summed E-state index contributed by atoms with van der Waals surface area (Å²) in [7, 11) is 0. The first-order valence-corrected chi connectivity index (χ1v) is 12.3. The van der Waals surface area contributed by atoms with Gasteiger partial charge >= 0.3 is 23.9 Å². The fraction of sp³-hybridized carbons (Fsp3) is 0.833. The molecule has 0 aromatic rings. The molecule has 0 bridgehead atoms. The number of carboxylic acid groups (broad SMARTS) is 4. The van der Waals surface area contributed by atoms with Crippen molar-refractivity contribution >= 4 is 23.9 Å². The van der Waals surface area contributed by atoms with E-state index in [1.165, 1.54) is 0 Å². The zero-order chi connectivity index (χ0) is 27.8. The third kappa shape index (κ3) is 10.4. The highest BCUT2D eigenvalue weighted by molar-refractivity contribution is 5.70. The Labute approximate surface area is 213 Å². The highest BCUT2D eigenvalue weighted by Gasteiger charge is 2.36. The van der Waals surface area contributed by atoms with Crippen LogP contribution in [-0.4, -0.2) is 139 Å². The second kappa shape index (κ2) is 13.3. The number of carboxylic acids is 4. The lowest BCUT2D eigenvalue weighted by Gasteiger charge is -2.46. The largest absolute Gasteiger partial charge is 0.480 e. The van der Waals surface area contributed by atoms with E-state index in [1.54, 1.807) is 19.6 Å². The summed E-state index contributed by atoms with van der Waals surface area (Å²) < 4.78 is 0. The zero-order valence-corrected chi connectivity index (χ0v) is 22.4. The van der Waals surface area contributed by atoms with Crippen LogP contribution in [0.5, 0.6) is 0 Å². The molecule has 208 valence electrons. The number of rotatable bonds is 8. The topological polar surface area (TPSA) is 162 Å². The van der Waals surface area contributed by atoms with E-state index in [0.29, 0.717) is 39.0 Å². The van der Waals surface area contributed by atoms with Crippen LogP contribution >= 0.6 is 0 Å². The van der Waals surface area contributed by atoms with Crippen molar-refractivity contribution in [1.82, 2.24) is 19.6 Å². The summed E-state index contributed by atoms with van der Waals surface area (Å²) in [6.45, 7) is 11.7. The van der Waals surface area contributed by atoms with Gasteiger partial charge in [0.2, 0.25) is 0 Å². The third-order valence-corrected chi connectivity index (χ3v) is 7.19. The molecule has 1 fully saturated rings. The SMILES string of the molecule is CC1CC(C)(C)N(CC(=O)O)CCN(CC(=O)O)C(C)CC(C)(C)N(CC(=O)O)CCN1CC(=O)O. The number of nitrogens with zero attached hydrogens (tertiary/aromatic N) is 4. The van der Waals surface area contributed by atoms with Crippen LogP contribution in [0.1, 0.15) is 54.4 Å². The molecule has 1 aliphatic rings. The third-order valence-electron chi connectivity index (χ3n) is 7.19. The van der Waals surface area contributed by atoms with E-state index in [0.717, 1.165) is 0 Å². The van der Waals surface area contributed by atoms with Crippen LogP contribution in [0.3, 0.4) is 0 Å². The Kier molecular flexibility index (Phi) is 11.7. The minimum absolute atomic E-state index is 0.222. The monoisotopic (exact) mass is 516 g/mol. The number of hydrogen-bond acceptors (Lipinski definition) is 8. The summed E-state index contributed by atoms with van der Waals surface area (Å²) in [5.74, 6) is -3.99. The van der Waals surface area contributed by atoms with E-state index < -0.39 is 35.0 Å². The van der Waals surface area contributed by atoms with Gasteiger partial charge in [0.15, 0.2) is 0 Å². The van der Waals surface area contributed by atoms with Gasteiger partial charge in [-0.1, -0.05) is 0 Å². The smallest absolute Gasteiger partial charge is 0.317 e. The highest BCUT2D eigenvalue weighted by Crippen LogP contribution is 2.27. The molecule has 0 radical (unpaired) electrons. The second-order valence-corrected chi connectivity index (χ2v) is 11.1. The molecule has 1 saturated heterocycles. The van der Waals surface area contributed by atoms with Gasteiger partial charge < -0.3 is 20.4 Å². The van der Waals surface area contributed by atoms with Crippen LogP contribution in [-0.2, 0) is 19.2 Å². The van der Waals surface area contributed by atoms with Gasteiger partial charge in [0, 0.05) is 49.3 Å². The molecule has 4 N–H and O–H groups in total. The fourth-order valence-electron chi connectivity index (χ4n) is 5.24. The molecule has 0 spiro atoms. The van der Waals surface area contributed by atoms with Gasteiger partial charge in [-0.3, -0.25) is 38.8 Å². The Morgan fingerprint density at radius 1 is 0.583 bits per heavy atom. The normalized spacial score (nSPS) is 25.6. The van der Waals surface area contributed by atoms with Crippen LogP contribution in [0.2, 0.25) is 0 Å². The van der Waals surface area contributed by atoms with Crippen molar-refractivity contribution in [1.29, 1.82) is 0 Å². The molecule has 36 heavy (non-hydrogen) atoms. The zero-order valence-electron chi connectivity index (χ0n) is 22.4. The molecular formula is C24H44N4O8. The van der Waals surface area contributed by atoms with E-state index >= 15 is 0 Å². The van der Waals surface area contributed by atoms with E-state index in [9.17, 15) is 39.6 Å². The van der Waals surface area contributed by atoms with E-state index in [4.69, 9.17) is 0 Å². The van der Waals surface area contributed by atoms with Crippen molar-refractivity contribution in [2.24, 2.45) is 0 Å². The van der Waals surface area contributed by atoms with Crippen LogP contribution in [0, 0.1) is 0 Å². The van der Waals surface area contributed by atoms with Crippen molar-refractivity contribution in [3.8, 4) is 0 Å². The number of hydrogen-bond donors (Lipinski definition) is 4. The van der Waals surface area contributed by atoms with Gasteiger partial charge in [0.05, 0.1) is 26.2 Å². The average Bonchev–Trinajstić information content (AvgIpc) is 2.69.